The Labute approximate surface area is 101 Å². The second kappa shape index (κ2) is 5.52. The van der Waals surface area contributed by atoms with Gasteiger partial charge in [0.2, 0.25) is 0 Å². The summed E-state index contributed by atoms with van der Waals surface area (Å²) in [6.07, 6.45) is 0. The maximum Gasteiger partial charge on any atom is 0.328 e. The molecule has 1 aromatic rings. The lowest BCUT2D eigenvalue weighted by Gasteiger charge is -2.12. The highest BCUT2D eigenvalue weighted by molar-refractivity contribution is 5.97. The van der Waals surface area contributed by atoms with E-state index in [1.54, 1.807) is 0 Å². The molecule has 7 heteroatoms. The Morgan fingerprint density at radius 1 is 1.22 bits per heavy atom. The van der Waals surface area contributed by atoms with E-state index in [0.29, 0.717) is 12.1 Å². The summed E-state index contributed by atoms with van der Waals surface area (Å²) in [7, 11) is 1.10. The van der Waals surface area contributed by atoms with E-state index in [1.165, 1.54) is 6.92 Å². The van der Waals surface area contributed by atoms with E-state index in [0.717, 1.165) is 7.11 Å². The molecule has 1 amide bonds. The Morgan fingerprint density at radius 3 is 2.17 bits per heavy atom. The number of nitrogens with one attached hydrogen (secondary N) is 1. The van der Waals surface area contributed by atoms with E-state index in [9.17, 15) is 22.8 Å². The summed E-state index contributed by atoms with van der Waals surface area (Å²) in [5.74, 6) is -5.76. The summed E-state index contributed by atoms with van der Waals surface area (Å²) in [6, 6.07) is -0.326. The Hall–Kier alpha value is -2.05. The van der Waals surface area contributed by atoms with Crippen LogP contribution in [-0.2, 0) is 9.53 Å². The fourth-order valence-electron chi connectivity index (χ4n) is 1.26. The third-order valence-electron chi connectivity index (χ3n) is 2.14. The molecule has 0 aromatic heterocycles. The van der Waals surface area contributed by atoms with Gasteiger partial charge in [-0.05, 0) is 6.92 Å². The van der Waals surface area contributed by atoms with Crippen molar-refractivity contribution in [1.29, 1.82) is 0 Å². The molecule has 18 heavy (non-hydrogen) atoms. The molecule has 98 valence electrons. The monoisotopic (exact) mass is 261 g/mol. The largest absolute Gasteiger partial charge is 0.467 e. The van der Waals surface area contributed by atoms with Gasteiger partial charge in [0.25, 0.3) is 5.91 Å². The molecular formula is C11H10F3NO3. The van der Waals surface area contributed by atoms with Crippen LogP contribution in [0.15, 0.2) is 12.1 Å². The number of methoxy groups -OCH3 is 1. The van der Waals surface area contributed by atoms with Gasteiger partial charge >= 0.3 is 5.97 Å². The molecule has 0 unspecified atom stereocenters. The lowest BCUT2D eigenvalue weighted by Crippen LogP contribution is -2.39. The topological polar surface area (TPSA) is 55.4 Å². The van der Waals surface area contributed by atoms with Crippen LogP contribution in [0.1, 0.15) is 17.3 Å². The fourth-order valence-corrected chi connectivity index (χ4v) is 1.26. The number of carbonyl (C=O) groups is 2. The number of halogens is 3. The summed E-state index contributed by atoms with van der Waals surface area (Å²) in [6.45, 7) is 1.28. The minimum atomic E-state index is -1.35. The summed E-state index contributed by atoms with van der Waals surface area (Å²) in [5.41, 5.74) is -0.952. The van der Waals surface area contributed by atoms with Gasteiger partial charge < -0.3 is 10.1 Å². The van der Waals surface area contributed by atoms with Gasteiger partial charge in [-0.15, -0.1) is 0 Å². The Balaban J connectivity index is 2.95. The third-order valence-corrected chi connectivity index (χ3v) is 2.14. The van der Waals surface area contributed by atoms with E-state index < -0.39 is 40.9 Å². The summed E-state index contributed by atoms with van der Waals surface area (Å²) in [4.78, 5) is 22.5. The third kappa shape index (κ3) is 2.99. The van der Waals surface area contributed by atoms with Gasteiger partial charge in [-0.1, -0.05) is 0 Å². The zero-order chi connectivity index (χ0) is 13.9. The first kappa shape index (κ1) is 14.0. The average Bonchev–Trinajstić information content (AvgIpc) is 2.26. The van der Waals surface area contributed by atoms with E-state index in [-0.39, 0.29) is 0 Å². The van der Waals surface area contributed by atoms with Crippen LogP contribution >= 0.6 is 0 Å². The van der Waals surface area contributed by atoms with Crippen molar-refractivity contribution in [2.75, 3.05) is 7.11 Å². The maximum atomic E-state index is 13.2. The summed E-state index contributed by atoms with van der Waals surface area (Å²) in [5, 5.41) is 2.03. The molecule has 0 saturated heterocycles. The lowest BCUT2D eigenvalue weighted by molar-refractivity contribution is -0.142. The first-order chi connectivity index (χ1) is 8.36. The zero-order valence-corrected chi connectivity index (χ0v) is 9.59. The lowest BCUT2D eigenvalue weighted by atomic mass is 10.1. The number of esters is 1. The summed E-state index contributed by atoms with van der Waals surface area (Å²) < 4.78 is 43.4. The molecule has 0 aliphatic carbocycles. The predicted octanol–water partition coefficient (Wildman–Crippen LogP) is 1.40. The molecule has 0 saturated carbocycles. The van der Waals surface area contributed by atoms with Crippen LogP contribution in [-0.4, -0.2) is 25.0 Å². The minimum absolute atomic E-state index is 0.376. The molecule has 1 atom stereocenters. The molecule has 0 aliphatic rings. The standard InChI is InChI=1S/C11H10F3NO3/c1-5(11(17)18-2)15-10(16)9-7(13)3-6(12)4-8(9)14/h3-5H,1-2H3,(H,15,16)/t5-/m1/s1. The predicted molar refractivity (Wildman–Crippen MR) is 55.3 cm³/mol. The van der Waals surface area contributed by atoms with Gasteiger partial charge in [-0.2, -0.15) is 0 Å². The number of ether oxygens (including phenoxy) is 1. The molecule has 4 nitrogen and oxygen atoms in total. The normalized spacial score (nSPS) is 11.8. The van der Waals surface area contributed by atoms with E-state index >= 15 is 0 Å². The molecular weight excluding hydrogens is 251 g/mol. The van der Waals surface area contributed by atoms with Crippen LogP contribution in [0, 0.1) is 17.5 Å². The average molecular weight is 261 g/mol. The minimum Gasteiger partial charge on any atom is -0.467 e. The van der Waals surface area contributed by atoms with E-state index in [1.807, 2.05) is 5.32 Å². The van der Waals surface area contributed by atoms with Crippen molar-refractivity contribution in [3.8, 4) is 0 Å². The molecule has 0 fully saturated rings. The molecule has 0 heterocycles. The molecule has 0 aliphatic heterocycles. The van der Waals surface area contributed by atoms with Gasteiger partial charge in [0, 0.05) is 12.1 Å². The van der Waals surface area contributed by atoms with E-state index in [2.05, 4.69) is 4.74 Å². The Kier molecular flexibility index (Phi) is 4.30. The molecule has 1 rings (SSSR count). The van der Waals surface area contributed by atoms with Gasteiger partial charge in [-0.25, -0.2) is 18.0 Å². The molecule has 1 N–H and O–H groups in total. The van der Waals surface area contributed by atoms with Crippen molar-refractivity contribution in [2.45, 2.75) is 13.0 Å². The Bertz CT molecular complexity index is 467. The van der Waals surface area contributed by atoms with Gasteiger partial charge in [0.05, 0.1) is 7.11 Å². The smallest absolute Gasteiger partial charge is 0.328 e. The number of carbonyl (C=O) groups excluding carboxylic acids is 2. The van der Waals surface area contributed by atoms with Crippen molar-refractivity contribution in [3.63, 3.8) is 0 Å². The second-order valence-electron chi connectivity index (χ2n) is 3.46. The number of hydrogen-bond donors (Lipinski definition) is 1. The van der Waals surface area contributed by atoms with Gasteiger partial charge in [-0.3, -0.25) is 4.79 Å². The first-order valence-corrected chi connectivity index (χ1v) is 4.90. The van der Waals surface area contributed by atoms with Crippen molar-refractivity contribution in [3.05, 3.63) is 35.1 Å². The maximum absolute atomic E-state index is 13.2. The SMILES string of the molecule is COC(=O)[C@@H](C)NC(=O)c1c(F)cc(F)cc1F. The Morgan fingerprint density at radius 2 is 1.72 bits per heavy atom. The second-order valence-corrected chi connectivity index (χ2v) is 3.46. The van der Waals surface area contributed by atoms with Crippen LogP contribution in [0.3, 0.4) is 0 Å². The number of benzene rings is 1. The quantitative estimate of drug-likeness (QED) is 0.837. The van der Waals surface area contributed by atoms with E-state index in [4.69, 9.17) is 0 Å². The van der Waals surface area contributed by atoms with Crippen LogP contribution in [0.2, 0.25) is 0 Å². The van der Waals surface area contributed by atoms with Gasteiger partial charge in [0.15, 0.2) is 0 Å². The zero-order valence-electron chi connectivity index (χ0n) is 9.59. The molecule has 0 radical (unpaired) electrons. The highest BCUT2D eigenvalue weighted by atomic mass is 19.1. The summed E-state index contributed by atoms with van der Waals surface area (Å²) >= 11 is 0. The molecule has 0 bridgehead atoms. The van der Waals surface area contributed by atoms with Crippen LogP contribution in [0.5, 0.6) is 0 Å². The molecule has 0 spiro atoms. The van der Waals surface area contributed by atoms with Crippen LogP contribution in [0.4, 0.5) is 13.2 Å². The fraction of sp³-hybridized carbons (Fsp3) is 0.273. The highest BCUT2D eigenvalue weighted by Crippen LogP contribution is 2.14. The van der Waals surface area contributed by atoms with Crippen molar-refractivity contribution >= 4 is 11.9 Å². The van der Waals surface area contributed by atoms with Crippen LogP contribution < -0.4 is 5.32 Å². The van der Waals surface area contributed by atoms with Gasteiger partial charge in [0.1, 0.15) is 29.1 Å². The van der Waals surface area contributed by atoms with Crippen LogP contribution in [0.25, 0.3) is 0 Å². The van der Waals surface area contributed by atoms with Crippen molar-refractivity contribution in [1.82, 2.24) is 5.32 Å². The van der Waals surface area contributed by atoms with Crippen molar-refractivity contribution in [2.24, 2.45) is 0 Å². The number of rotatable bonds is 3. The number of hydrogen-bond acceptors (Lipinski definition) is 3. The first-order valence-electron chi connectivity index (χ1n) is 4.90. The number of amides is 1. The highest BCUT2D eigenvalue weighted by Gasteiger charge is 2.23. The van der Waals surface area contributed by atoms with Crippen molar-refractivity contribution < 1.29 is 27.5 Å². The molecule has 1 aromatic carbocycles.